The average molecular weight is 307 g/mol. The predicted octanol–water partition coefficient (Wildman–Crippen LogP) is 3.11. The average Bonchev–Trinajstić information content (AvgIpc) is 3.05. The van der Waals surface area contributed by atoms with Crippen LogP contribution in [0.25, 0.3) is 0 Å². The van der Waals surface area contributed by atoms with E-state index in [1.165, 1.54) is 6.26 Å². The van der Waals surface area contributed by atoms with Crippen LogP contribution in [0.4, 0.5) is 0 Å². The smallest absolute Gasteiger partial charge is 0.309 e. The molecule has 0 unspecified atom stereocenters. The molecule has 0 aromatic carbocycles. The molecule has 1 aliphatic heterocycles. The fourth-order valence-electron chi connectivity index (χ4n) is 2.66. The second-order valence-electron chi connectivity index (χ2n) is 6.25. The van der Waals surface area contributed by atoms with Crippen molar-refractivity contribution >= 4 is 11.9 Å². The number of piperidine rings is 1. The molecular formula is C17H25NO4. The van der Waals surface area contributed by atoms with E-state index in [1.54, 1.807) is 17.0 Å². The molecule has 2 rings (SSSR count). The van der Waals surface area contributed by atoms with E-state index in [0.717, 1.165) is 12.8 Å². The van der Waals surface area contributed by atoms with Gasteiger partial charge in [0.15, 0.2) is 5.76 Å². The van der Waals surface area contributed by atoms with Gasteiger partial charge >= 0.3 is 5.97 Å². The second kappa shape index (κ2) is 8.01. The van der Waals surface area contributed by atoms with Gasteiger partial charge in [0.05, 0.1) is 18.8 Å². The van der Waals surface area contributed by atoms with Gasteiger partial charge in [-0.05, 0) is 43.7 Å². The first kappa shape index (κ1) is 16.6. The third-order valence-corrected chi connectivity index (χ3v) is 4.02. The molecule has 5 heteroatoms. The number of carbonyl (C=O) groups is 2. The number of carbonyl (C=O) groups excluding carboxylic acids is 2. The fourth-order valence-corrected chi connectivity index (χ4v) is 2.66. The Bertz CT molecular complexity index is 473. The largest absolute Gasteiger partial charge is 0.465 e. The predicted molar refractivity (Wildman–Crippen MR) is 82.4 cm³/mol. The number of furan rings is 1. The molecular weight excluding hydrogens is 282 g/mol. The van der Waals surface area contributed by atoms with E-state index in [0.29, 0.717) is 44.2 Å². The van der Waals surface area contributed by atoms with Crippen molar-refractivity contribution in [3.8, 4) is 0 Å². The first-order chi connectivity index (χ1) is 10.6. The number of likely N-dealkylation sites (tertiary alicyclic amines) is 1. The van der Waals surface area contributed by atoms with E-state index >= 15 is 0 Å². The maximum absolute atomic E-state index is 12.1. The van der Waals surface area contributed by atoms with E-state index in [9.17, 15) is 9.59 Å². The van der Waals surface area contributed by atoms with Gasteiger partial charge in [0.2, 0.25) is 0 Å². The number of esters is 1. The molecule has 122 valence electrons. The molecule has 0 bridgehead atoms. The molecule has 5 nitrogen and oxygen atoms in total. The summed E-state index contributed by atoms with van der Waals surface area (Å²) in [6.07, 6.45) is 4.81. The zero-order valence-electron chi connectivity index (χ0n) is 13.4. The molecule has 1 fully saturated rings. The first-order valence-corrected chi connectivity index (χ1v) is 8.07. The molecule has 0 spiro atoms. The van der Waals surface area contributed by atoms with Gasteiger partial charge in [-0.3, -0.25) is 9.59 Å². The van der Waals surface area contributed by atoms with Crippen LogP contribution < -0.4 is 0 Å². The molecule has 0 saturated carbocycles. The van der Waals surface area contributed by atoms with Crippen molar-refractivity contribution in [1.82, 2.24) is 4.90 Å². The van der Waals surface area contributed by atoms with Crippen LogP contribution in [0.1, 0.15) is 50.1 Å². The Morgan fingerprint density at radius 1 is 1.36 bits per heavy atom. The number of hydrogen-bond acceptors (Lipinski definition) is 4. The van der Waals surface area contributed by atoms with Crippen molar-refractivity contribution < 1.29 is 18.7 Å². The zero-order valence-corrected chi connectivity index (χ0v) is 13.4. The van der Waals surface area contributed by atoms with Gasteiger partial charge in [-0.15, -0.1) is 0 Å². The van der Waals surface area contributed by atoms with Crippen molar-refractivity contribution in [2.45, 2.75) is 39.5 Å². The van der Waals surface area contributed by atoms with Crippen LogP contribution in [0.3, 0.4) is 0 Å². The van der Waals surface area contributed by atoms with E-state index in [2.05, 4.69) is 13.8 Å². The van der Waals surface area contributed by atoms with Crippen LogP contribution in [0.5, 0.6) is 0 Å². The minimum absolute atomic E-state index is 0.0836. The molecule has 1 aromatic heterocycles. The van der Waals surface area contributed by atoms with Gasteiger partial charge in [-0.25, -0.2) is 0 Å². The summed E-state index contributed by atoms with van der Waals surface area (Å²) in [5, 5.41) is 0. The van der Waals surface area contributed by atoms with Crippen molar-refractivity contribution in [2.75, 3.05) is 19.7 Å². The number of ether oxygens (including phenoxy) is 1. The second-order valence-corrected chi connectivity index (χ2v) is 6.25. The van der Waals surface area contributed by atoms with E-state index in [-0.39, 0.29) is 17.8 Å². The lowest BCUT2D eigenvalue weighted by Crippen LogP contribution is -2.40. The summed E-state index contributed by atoms with van der Waals surface area (Å²) in [7, 11) is 0. The SMILES string of the molecule is CC(C)CCCOC(=O)C1CCN(C(=O)c2ccco2)CC1. The maximum Gasteiger partial charge on any atom is 0.309 e. The Balaban J connectivity index is 1.70. The summed E-state index contributed by atoms with van der Waals surface area (Å²) in [6, 6.07) is 3.37. The number of amides is 1. The highest BCUT2D eigenvalue weighted by Gasteiger charge is 2.29. The summed E-state index contributed by atoms with van der Waals surface area (Å²) >= 11 is 0. The molecule has 2 heterocycles. The summed E-state index contributed by atoms with van der Waals surface area (Å²) < 4.78 is 10.5. The number of hydrogen-bond donors (Lipinski definition) is 0. The Morgan fingerprint density at radius 3 is 2.68 bits per heavy atom. The van der Waals surface area contributed by atoms with Gasteiger partial charge in [0.25, 0.3) is 5.91 Å². The van der Waals surface area contributed by atoms with Gasteiger partial charge in [0.1, 0.15) is 0 Å². The van der Waals surface area contributed by atoms with Gasteiger partial charge < -0.3 is 14.1 Å². The molecule has 0 radical (unpaired) electrons. The molecule has 1 aliphatic rings. The van der Waals surface area contributed by atoms with Crippen LogP contribution >= 0.6 is 0 Å². The van der Waals surface area contributed by atoms with Crippen molar-refractivity contribution in [2.24, 2.45) is 11.8 Å². The van der Waals surface area contributed by atoms with E-state index in [4.69, 9.17) is 9.15 Å². The highest BCUT2D eigenvalue weighted by atomic mass is 16.5. The Morgan fingerprint density at radius 2 is 2.09 bits per heavy atom. The van der Waals surface area contributed by atoms with Gasteiger partial charge in [-0.2, -0.15) is 0 Å². The lowest BCUT2D eigenvalue weighted by atomic mass is 9.97. The van der Waals surface area contributed by atoms with Crippen LogP contribution in [0.15, 0.2) is 22.8 Å². The summed E-state index contributed by atoms with van der Waals surface area (Å²) in [4.78, 5) is 25.9. The lowest BCUT2D eigenvalue weighted by Gasteiger charge is -2.30. The minimum atomic E-state index is -0.117. The molecule has 1 amide bonds. The first-order valence-electron chi connectivity index (χ1n) is 8.07. The molecule has 0 N–H and O–H groups in total. The van der Waals surface area contributed by atoms with Crippen molar-refractivity contribution in [3.63, 3.8) is 0 Å². The van der Waals surface area contributed by atoms with Crippen LogP contribution in [0.2, 0.25) is 0 Å². The Hall–Kier alpha value is -1.78. The minimum Gasteiger partial charge on any atom is -0.465 e. The van der Waals surface area contributed by atoms with Gasteiger partial charge in [-0.1, -0.05) is 13.8 Å². The van der Waals surface area contributed by atoms with Crippen molar-refractivity contribution in [1.29, 1.82) is 0 Å². The maximum atomic E-state index is 12.1. The topological polar surface area (TPSA) is 59.8 Å². The fraction of sp³-hybridized carbons (Fsp3) is 0.647. The molecule has 22 heavy (non-hydrogen) atoms. The molecule has 1 aromatic rings. The Kier molecular flexibility index (Phi) is 6.04. The monoisotopic (exact) mass is 307 g/mol. The third kappa shape index (κ3) is 4.61. The lowest BCUT2D eigenvalue weighted by molar-refractivity contribution is -0.150. The molecule has 0 aliphatic carbocycles. The van der Waals surface area contributed by atoms with Crippen LogP contribution in [-0.2, 0) is 9.53 Å². The highest BCUT2D eigenvalue weighted by molar-refractivity contribution is 5.91. The van der Waals surface area contributed by atoms with E-state index < -0.39 is 0 Å². The summed E-state index contributed by atoms with van der Waals surface area (Å²) in [5.41, 5.74) is 0. The Labute approximate surface area is 131 Å². The summed E-state index contributed by atoms with van der Waals surface area (Å²) in [5.74, 6) is 0.687. The third-order valence-electron chi connectivity index (χ3n) is 4.02. The number of rotatable bonds is 6. The molecule has 0 atom stereocenters. The highest BCUT2D eigenvalue weighted by Crippen LogP contribution is 2.20. The standard InChI is InChI=1S/C17H25NO4/c1-13(2)5-3-12-22-17(20)14-7-9-18(10-8-14)16(19)15-6-4-11-21-15/h4,6,11,13-14H,3,5,7-10,12H2,1-2H3. The normalized spacial score (nSPS) is 16.0. The zero-order chi connectivity index (χ0) is 15.9. The summed E-state index contributed by atoms with van der Waals surface area (Å²) in [6.45, 7) is 5.97. The van der Waals surface area contributed by atoms with Crippen LogP contribution in [0, 0.1) is 11.8 Å². The van der Waals surface area contributed by atoms with Crippen LogP contribution in [-0.4, -0.2) is 36.5 Å². The number of nitrogens with zero attached hydrogens (tertiary/aromatic N) is 1. The van der Waals surface area contributed by atoms with E-state index in [1.807, 2.05) is 0 Å². The quantitative estimate of drug-likeness (QED) is 0.598. The van der Waals surface area contributed by atoms with Crippen molar-refractivity contribution in [3.05, 3.63) is 24.2 Å². The molecule has 1 saturated heterocycles. The van der Waals surface area contributed by atoms with Gasteiger partial charge in [0, 0.05) is 13.1 Å².